The molecule has 0 radical (unpaired) electrons. The predicted octanol–water partition coefficient (Wildman–Crippen LogP) is 1.03. The lowest BCUT2D eigenvalue weighted by atomic mass is 10.0. The van der Waals surface area contributed by atoms with Crippen molar-refractivity contribution in [2.24, 2.45) is 0 Å². The Kier molecular flexibility index (Phi) is 2.91. The first-order valence-corrected chi connectivity index (χ1v) is 6.03. The topological polar surface area (TPSA) is 24.5 Å². The van der Waals surface area contributed by atoms with Gasteiger partial charge in [0.25, 0.3) is 0 Å². The minimum atomic E-state index is 0.482. The average Bonchev–Trinajstić information content (AvgIpc) is 2.39. The fourth-order valence-electron chi connectivity index (χ4n) is 2.60. The average molecular weight is 218 g/mol. The molecule has 0 aromatic heterocycles. The van der Waals surface area contributed by atoms with E-state index >= 15 is 0 Å². The van der Waals surface area contributed by atoms with Crippen molar-refractivity contribution >= 4 is 0 Å². The Balaban J connectivity index is 1.71. The Morgan fingerprint density at radius 3 is 3.00 bits per heavy atom. The Labute approximate surface area is 96.4 Å². The van der Waals surface area contributed by atoms with Crippen LogP contribution in [0.25, 0.3) is 0 Å². The largest absolute Gasteiger partial charge is 0.378 e. The van der Waals surface area contributed by atoms with Gasteiger partial charge in [0.2, 0.25) is 0 Å². The zero-order valence-corrected chi connectivity index (χ0v) is 9.43. The van der Waals surface area contributed by atoms with Crippen LogP contribution in [0.3, 0.4) is 0 Å². The van der Waals surface area contributed by atoms with Crippen molar-refractivity contribution in [2.75, 3.05) is 32.8 Å². The summed E-state index contributed by atoms with van der Waals surface area (Å²) in [5, 5.41) is 3.61. The molecule has 2 aliphatic heterocycles. The number of hydrogen-bond acceptors (Lipinski definition) is 3. The summed E-state index contributed by atoms with van der Waals surface area (Å²) in [6.07, 6.45) is 0. The van der Waals surface area contributed by atoms with E-state index in [0.717, 1.165) is 32.8 Å². The van der Waals surface area contributed by atoms with Crippen LogP contribution in [0.1, 0.15) is 11.6 Å². The van der Waals surface area contributed by atoms with E-state index in [1.165, 1.54) is 5.56 Å². The highest BCUT2D eigenvalue weighted by Crippen LogP contribution is 2.21. The molecule has 2 atom stereocenters. The molecule has 16 heavy (non-hydrogen) atoms. The van der Waals surface area contributed by atoms with Crippen LogP contribution in [-0.4, -0.2) is 43.8 Å². The minimum absolute atomic E-state index is 0.482. The van der Waals surface area contributed by atoms with Crippen LogP contribution in [0.4, 0.5) is 0 Å². The molecule has 3 nitrogen and oxygen atoms in total. The van der Waals surface area contributed by atoms with Gasteiger partial charge < -0.3 is 10.1 Å². The molecule has 3 heteroatoms. The molecule has 2 saturated heterocycles. The van der Waals surface area contributed by atoms with Crippen LogP contribution >= 0.6 is 0 Å². The van der Waals surface area contributed by atoms with Gasteiger partial charge in [-0.1, -0.05) is 30.3 Å². The van der Waals surface area contributed by atoms with E-state index in [2.05, 4.69) is 40.5 Å². The van der Waals surface area contributed by atoms with E-state index in [4.69, 9.17) is 4.74 Å². The summed E-state index contributed by atoms with van der Waals surface area (Å²) in [6, 6.07) is 11.8. The molecule has 0 saturated carbocycles. The van der Waals surface area contributed by atoms with Crippen LogP contribution in [0.2, 0.25) is 0 Å². The van der Waals surface area contributed by atoms with Crippen molar-refractivity contribution in [1.82, 2.24) is 10.2 Å². The van der Waals surface area contributed by atoms with E-state index in [9.17, 15) is 0 Å². The number of hydrogen-bond donors (Lipinski definition) is 1. The van der Waals surface area contributed by atoms with Crippen molar-refractivity contribution in [1.29, 1.82) is 0 Å². The number of piperazine rings is 1. The summed E-state index contributed by atoms with van der Waals surface area (Å²) in [5.74, 6) is 0. The molecule has 2 heterocycles. The van der Waals surface area contributed by atoms with Crippen LogP contribution in [0, 0.1) is 0 Å². The van der Waals surface area contributed by atoms with Crippen LogP contribution in [0.5, 0.6) is 0 Å². The highest BCUT2D eigenvalue weighted by molar-refractivity contribution is 5.20. The van der Waals surface area contributed by atoms with Crippen molar-refractivity contribution in [2.45, 2.75) is 12.1 Å². The van der Waals surface area contributed by atoms with Gasteiger partial charge in [0, 0.05) is 31.7 Å². The molecule has 1 aromatic rings. The Morgan fingerprint density at radius 1 is 1.25 bits per heavy atom. The second kappa shape index (κ2) is 4.53. The number of rotatable bonds is 1. The fourth-order valence-corrected chi connectivity index (χ4v) is 2.60. The number of nitrogens with one attached hydrogen (secondary N) is 1. The fraction of sp³-hybridized carbons (Fsp3) is 0.538. The van der Waals surface area contributed by atoms with E-state index in [0.29, 0.717) is 12.1 Å². The van der Waals surface area contributed by atoms with Crippen molar-refractivity contribution in [3.05, 3.63) is 35.9 Å². The smallest absolute Gasteiger partial charge is 0.0634 e. The molecule has 3 rings (SSSR count). The highest BCUT2D eigenvalue weighted by Gasteiger charge is 2.30. The van der Waals surface area contributed by atoms with E-state index in [1.807, 2.05) is 0 Å². The molecule has 0 bridgehead atoms. The van der Waals surface area contributed by atoms with Gasteiger partial charge in [-0.25, -0.2) is 0 Å². The van der Waals surface area contributed by atoms with Gasteiger partial charge in [0.15, 0.2) is 0 Å². The molecule has 1 aromatic carbocycles. The minimum Gasteiger partial charge on any atom is -0.378 e. The normalized spacial score (nSPS) is 31.0. The molecule has 2 aliphatic rings. The number of morpholine rings is 1. The summed E-state index contributed by atoms with van der Waals surface area (Å²) in [5.41, 5.74) is 1.40. The monoisotopic (exact) mass is 218 g/mol. The standard InChI is InChI=1S/C13H18N2O/c1-2-4-11(5-3-1)13-9-15-6-7-16-10-12(15)8-14-13/h1-5,12-14H,6-10H2. The molecule has 2 unspecified atom stereocenters. The van der Waals surface area contributed by atoms with Gasteiger partial charge in [-0.05, 0) is 5.56 Å². The Bertz CT molecular complexity index is 341. The summed E-state index contributed by atoms with van der Waals surface area (Å²) in [6.45, 7) is 5.00. The van der Waals surface area contributed by atoms with Gasteiger partial charge in [0.05, 0.1) is 13.2 Å². The van der Waals surface area contributed by atoms with Crippen molar-refractivity contribution in [3.8, 4) is 0 Å². The van der Waals surface area contributed by atoms with Gasteiger partial charge in [-0.2, -0.15) is 0 Å². The summed E-state index contributed by atoms with van der Waals surface area (Å²) in [4.78, 5) is 2.55. The van der Waals surface area contributed by atoms with Crippen LogP contribution in [-0.2, 0) is 4.74 Å². The third-order valence-electron chi connectivity index (χ3n) is 3.57. The number of benzene rings is 1. The molecular formula is C13H18N2O. The second-order valence-corrected chi connectivity index (χ2v) is 4.60. The van der Waals surface area contributed by atoms with E-state index in [-0.39, 0.29) is 0 Å². The first-order valence-electron chi connectivity index (χ1n) is 6.03. The quantitative estimate of drug-likeness (QED) is 0.762. The first kappa shape index (κ1) is 10.3. The maximum absolute atomic E-state index is 5.50. The molecule has 0 spiro atoms. The molecule has 0 aliphatic carbocycles. The number of nitrogens with zero attached hydrogens (tertiary/aromatic N) is 1. The zero-order valence-electron chi connectivity index (χ0n) is 9.43. The van der Waals surface area contributed by atoms with Crippen LogP contribution < -0.4 is 5.32 Å². The second-order valence-electron chi connectivity index (χ2n) is 4.60. The lowest BCUT2D eigenvalue weighted by molar-refractivity contribution is -0.0263. The maximum Gasteiger partial charge on any atom is 0.0634 e. The zero-order chi connectivity index (χ0) is 10.8. The SMILES string of the molecule is c1ccc(C2CN3CCOCC3CN2)cc1. The number of ether oxygens (including phenoxy) is 1. The molecule has 0 amide bonds. The maximum atomic E-state index is 5.50. The molecule has 1 N–H and O–H groups in total. The highest BCUT2D eigenvalue weighted by atomic mass is 16.5. The predicted molar refractivity (Wildman–Crippen MR) is 63.4 cm³/mol. The van der Waals surface area contributed by atoms with E-state index in [1.54, 1.807) is 0 Å². The summed E-state index contributed by atoms with van der Waals surface area (Å²) < 4.78 is 5.50. The molecular weight excluding hydrogens is 200 g/mol. The van der Waals surface area contributed by atoms with Gasteiger partial charge >= 0.3 is 0 Å². The van der Waals surface area contributed by atoms with E-state index < -0.39 is 0 Å². The molecule has 86 valence electrons. The third kappa shape index (κ3) is 1.98. The first-order chi connectivity index (χ1) is 7.93. The van der Waals surface area contributed by atoms with Crippen molar-refractivity contribution < 1.29 is 4.74 Å². The van der Waals surface area contributed by atoms with Gasteiger partial charge in [0.1, 0.15) is 0 Å². The molecule has 2 fully saturated rings. The third-order valence-corrected chi connectivity index (χ3v) is 3.57. The lowest BCUT2D eigenvalue weighted by Gasteiger charge is -2.43. The van der Waals surface area contributed by atoms with Gasteiger partial charge in [-0.15, -0.1) is 0 Å². The summed E-state index contributed by atoms with van der Waals surface area (Å²) in [7, 11) is 0. The van der Waals surface area contributed by atoms with Crippen LogP contribution in [0.15, 0.2) is 30.3 Å². The summed E-state index contributed by atoms with van der Waals surface area (Å²) >= 11 is 0. The van der Waals surface area contributed by atoms with Crippen molar-refractivity contribution in [3.63, 3.8) is 0 Å². The Morgan fingerprint density at radius 2 is 2.12 bits per heavy atom. The Hall–Kier alpha value is -0.900. The number of fused-ring (bicyclic) bond motifs is 1. The lowest BCUT2D eigenvalue weighted by Crippen LogP contribution is -2.57. The van der Waals surface area contributed by atoms with Gasteiger partial charge in [-0.3, -0.25) is 4.90 Å².